The van der Waals surface area contributed by atoms with Crippen LogP contribution in [0, 0.1) is 17.0 Å². The molecule has 9 heteroatoms. The number of nitrogens with zero attached hydrogens (tertiary/aromatic N) is 3. The van der Waals surface area contributed by atoms with Gasteiger partial charge in [-0.2, -0.15) is 0 Å². The quantitative estimate of drug-likeness (QED) is 0.386. The summed E-state index contributed by atoms with van der Waals surface area (Å²) in [5.74, 6) is -0.0872. The molecule has 25 heavy (non-hydrogen) atoms. The van der Waals surface area contributed by atoms with Gasteiger partial charge < -0.3 is 9.15 Å². The Morgan fingerprint density at radius 1 is 1.36 bits per heavy atom. The molecular formula is C16H13N3O5S. The molecule has 128 valence electrons. The second-order valence-corrected chi connectivity index (χ2v) is 6.18. The highest BCUT2D eigenvalue weighted by atomic mass is 32.1. The van der Waals surface area contributed by atoms with E-state index in [2.05, 4.69) is 10.2 Å². The number of carbonyl (C=O) groups excluding carboxylic acids is 1. The Kier molecular flexibility index (Phi) is 4.57. The molecule has 0 radical (unpaired) electrons. The van der Waals surface area contributed by atoms with Crippen LogP contribution in [0.3, 0.4) is 0 Å². The fraction of sp³-hybridized carbons (Fsp3) is 0.188. The van der Waals surface area contributed by atoms with Gasteiger partial charge in [0.1, 0.15) is 0 Å². The van der Waals surface area contributed by atoms with Gasteiger partial charge in [0.15, 0.2) is 6.10 Å². The Morgan fingerprint density at radius 3 is 2.80 bits per heavy atom. The SMILES string of the molecule is Cc1cc(C(=O)O[C@@H](C)c2nnc(-c3cccs3)o2)ccc1[N+](=O)[O-]. The van der Waals surface area contributed by atoms with Crippen LogP contribution in [-0.2, 0) is 4.74 Å². The van der Waals surface area contributed by atoms with Gasteiger partial charge in [-0.3, -0.25) is 10.1 Å². The molecule has 3 rings (SSSR count). The van der Waals surface area contributed by atoms with Crippen molar-refractivity contribution in [2.75, 3.05) is 0 Å². The van der Waals surface area contributed by atoms with E-state index >= 15 is 0 Å². The molecule has 1 aromatic carbocycles. The summed E-state index contributed by atoms with van der Waals surface area (Å²) in [6.45, 7) is 3.17. The molecule has 8 nitrogen and oxygen atoms in total. The Balaban J connectivity index is 1.72. The van der Waals surface area contributed by atoms with Crippen molar-refractivity contribution < 1.29 is 18.9 Å². The lowest BCUT2D eigenvalue weighted by atomic mass is 10.1. The highest BCUT2D eigenvalue weighted by molar-refractivity contribution is 7.13. The minimum atomic E-state index is -0.746. The van der Waals surface area contributed by atoms with Gasteiger partial charge in [-0.15, -0.1) is 21.5 Å². The summed E-state index contributed by atoms with van der Waals surface area (Å²) in [7, 11) is 0. The number of nitro groups is 1. The standard InChI is InChI=1S/C16H13N3O5S/c1-9-8-11(5-6-12(9)19(21)22)16(20)23-10(2)14-17-18-15(24-14)13-4-3-7-25-13/h3-8,10H,1-2H3/t10-/m0/s1. The van der Waals surface area contributed by atoms with Gasteiger partial charge in [0.2, 0.25) is 0 Å². The fourth-order valence-electron chi connectivity index (χ4n) is 2.16. The molecule has 2 heterocycles. The van der Waals surface area contributed by atoms with Gasteiger partial charge in [-0.1, -0.05) is 6.07 Å². The van der Waals surface area contributed by atoms with Crippen molar-refractivity contribution in [1.29, 1.82) is 0 Å². The number of hydrogen-bond donors (Lipinski definition) is 0. The van der Waals surface area contributed by atoms with E-state index in [1.807, 2.05) is 17.5 Å². The Morgan fingerprint density at radius 2 is 2.16 bits per heavy atom. The maximum atomic E-state index is 12.2. The van der Waals surface area contributed by atoms with Gasteiger partial charge in [0.05, 0.1) is 15.4 Å². The van der Waals surface area contributed by atoms with Crippen molar-refractivity contribution in [3.63, 3.8) is 0 Å². The van der Waals surface area contributed by atoms with E-state index in [4.69, 9.17) is 9.15 Å². The summed E-state index contributed by atoms with van der Waals surface area (Å²) in [5, 5.41) is 20.5. The van der Waals surface area contributed by atoms with Crippen LogP contribution in [0.4, 0.5) is 5.69 Å². The van der Waals surface area contributed by atoms with E-state index in [-0.39, 0.29) is 17.1 Å². The molecule has 1 atom stereocenters. The molecular weight excluding hydrogens is 346 g/mol. The lowest BCUT2D eigenvalue weighted by Crippen LogP contribution is -2.10. The maximum Gasteiger partial charge on any atom is 0.338 e. The number of esters is 1. The van der Waals surface area contributed by atoms with Crippen LogP contribution < -0.4 is 0 Å². The average molecular weight is 359 g/mol. The molecule has 0 saturated heterocycles. The minimum absolute atomic E-state index is 0.0536. The van der Waals surface area contributed by atoms with E-state index < -0.39 is 17.0 Å². The minimum Gasteiger partial charge on any atom is -0.449 e. The molecule has 0 aliphatic carbocycles. The first kappa shape index (κ1) is 16.8. The van der Waals surface area contributed by atoms with Gasteiger partial charge >= 0.3 is 5.97 Å². The van der Waals surface area contributed by atoms with Crippen LogP contribution in [-0.4, -0.2) is 21.1 Å². The third-order valence-electron chi connectivity index (χ3n) is 3.43. The Bertz CT molecular complexity index is 920. The van der Waals surface area contributed by atoms with Crippen molar-refractivity contribution in [3.8, 4) is 10.8 Å². The Hall–Kier alpha value is -3.07. The lowest BCUT2D eigenvalue weighted by molar-refractivity contribution is -0.385. The number of aryl methyl sites for hydroxylation is 1. The molecule has 0 N–H and O–H groups in total. The number of nitro benzene ring substituents is 1. The largest absolute Gasteiger partial charge is 0.449 e. The number of carbonyl (C=O) groups is 1. The average Bonchev–Trinajstić information content (AvgIpc) is 3.25. The van der Waals surface area contributed by atoms with E-state index in [0.29, 0.717) is 11.5 Å². The van der Waals surface area contributed by atoms with Crippen LogP contribution in [0.2, 0.25) is 0 Å². The summed E-state index contributed by atoms with van der Waals surface area (Å²) in [6.07, 6.45) is -0.746. The predicted octanol–water partition coefficient (Wildman–Crippen LogP) is 3.93. The molecule has 0 unspecified atom stereocenters. The summed E-state index contributed by atoms with van der Waals surface area (Å²) in [6, 6.07) is 7.75. The van der Waals surface area contributed by atoms with E-state index in [9.17, 15) is 14.9 Å². The van der Waals surface area contributed by atoms with E-state index in [1.165, 1.54) is 29.5 Å². The molecule has 2 aromatic heterocycles. The maximum absolute atomic E-state index is 12.2. The normalized spacial score (nSPS) is 11.9. The molecule has 0 aliphatic heterocycles. The molecule has 0 fully saturated rings. The van der Waals surface area contributed by atoms with Crippen molar-refractivity contribution in [1.82, 2.24) is 10.2 Å². The highest BCUT2D eigenvalue weighted by Crippen LogP contribution is 2.26. The first-order chi connectivity index (χ1) is 12.0. The highest BCUT2D eigenvalue weighted by Gasteiger charge is 2.21. The lowest BCUT2D eigenvalue weighted by Gasteiger charge is -2.09. The van der Waals surface area contributed by atoms with Gasteiger partial charge in [-0.25, -0.2) is 4.79 Å². The van der Waals surface area contributed by atoms with Gasteiger partial charge in [-0.05, 0) is 37.4 Å². The van der Waals surface area contributed by atoms with Crippen LogP contribution in [0.25, 0.3) is 10.8 Å². The van der Waals surface area contributed by atoms with E-state index in [0.717, 1.165) is 4.88 Å². The number of thiophene rings is 1. The molecule has 0 bridgehead atoms. The number of rotatable bonds is 5. The van der Waals surface area contributed by atoms with Crippen molar-refractivity contribution in [3.05, 3.63) is 62.8 Å². The predicted molar refractivity (Wildman–Crippen MR) is 89.3 cm³/mol. The second kappa shape index (κ2) is 6.81. The first-order valence-corrected chi connectivity index (χ1v) is 8.17. The van der Waals surface area contributed by atoms with Crippen molar-refractivity contribution >= 4 is 23.0 Å². The van der Waals surface area contributed by atoms with Crippen LogP contribution >= 0.6 is 11.3 Å². The van der Waals surface area contributed by atoms with Crippen molar-refractivity contribution in [2.24, 2.45) is 0 Å². The molecule has 0 spiro atoms. The molecule has 3 aromatic rings. The number of benzene rings is 1. The summed E-state index contributed by atoms with van der Waals surface area (Å²) < 4.78 is 10.8. The van der Waals surface area contributed by atoms with Gasteiger partial charge in [0, 0.05) is 11.6 Å². The molecule has 0 saturated carbocycles. The van der Waals surface area contributed by atoms with E-state index in [1.54, 1.807) is 13.8 Å². The van der Waals surface area contributed by atoms with Crippen LogP contribution in [0.1, 0.15) is 34.8 Å². The third kappa shape index (κ3) is 3.56. The van der Waals surface area contributed by atoms with Gasteiger partial charge in [0.25, 0.3) is 17.5 Å². The summed E-state index contributed by atoms with van der Waals surface area (Å²) >= 11 is 1.46. The number of hydrogen-bond acceptors (Lipinski definition) is 8. The summed E-state index contributed by atoms with van der Waals surface area (Å²) in [5.41, 5.74) is 0.542. The van der Waals surface area contributed by atoms with Crippen LogP contribution in [0.15, 0.2) is 40.1 Å². The topological polar surface area (TPSA) is 108 Å². The third-order valence-corrected chi connectivity index (χ3v) is 4.29. The monoisotopic (exact) mass is 359 g/mol. The molecule has 0 amide bonds. The zero-order valence-corrected chi connectivity index (χ0v) is 14.1. The van der Waals surface area contributed by atoms with Crippen LogP contribution in [0.5, 0.6) is 0 Å². The second-order valence-electron chi connectivity index (χ2n) is 5.23. The zero-order chi connectivity index (χ0) is 18.0. The fourth-order valence-corrected chi connectivity index (χ4v) is 2.81. The Labute approximate surface area is 146 Å². The first-order valence-electron chi connectivity index (χ1n) is 7.29. The number of aromatic nitrogens is 2. The number of ether oxygens (including phenoxy) is 1. The molecule has 0 aliphatic rings. The smallest absolute Gasteiger partial charge is 0.338 e. The summed E-state index contributed by atoms with van der Waals surface area (Å²) in [4.78, 5) is 23.4. The zero-order valence-electron chi connectivity index (χ0n) is 13.3. The van der Waals surface area contributed by atoms with Crippen molar-refractivity contribution in [2.45, 2.75) is 20.0 Å².